The predicted molar refractivity (Wildman–Crippen MR) is 67.8 cm³/mol. The molecule has 1 atom stereocenters. The van der Waals surface area contributed by atoms with Crippen molar-refractivity contribution in [2.24, 2.45) is 11.7 Å². The number of Topliss-reactive ketones (excluding diaryl/α,β-unsaturated/α-hetero) is 1. The minimum absolute atomic E-state index is 0.00250. The summed E-state index contributed by atoms with van der Waals surface area (Å²) in [4.78, 5) is 11.7. The molecule has 0 aliphatic carbocycles. The summed E-state index contributed by atoms with van der Waals surface area (Å²) in [6.45, 7) is 3.82. The maximum Gasteiger partial charge on any atom is 0.488 e. The molecule has 0 fully saturated rings. The largest absolute Gasteiger partial charge is 0.488 e. The van der Waals surface area contributed by atoms with Gasteiger partial charge in [-0.2, -0.15) is 0 Å². The molecule has 0 saturated carbocycles. The standard InChI is InChI=1S/C12H18BNO3/c1-8(2)12(14)11(15)7-9-3-5-10(6-4-9)13(16)17/h3-6,8,12,16-17H,7,14H2,1-2H3/t12-/m0/s1. The maximum absolute atomic E-state index is 11.7. The summed E-state index contributed by atoms with van der Waals surface area (Å²) in [7, 11) is -1.47. The molecule has 0 bridgehead atoms. The quantitative estimate of drug-likeness (QED) is 0.598. The van der Waals surface area contributed by atoms with Crippen molar-refractivity contribution < 1.29 is 14.8 Å². The summed E-state index contributed by atoms with van der Waals surface area (Å²) in [6.07, 6.45) is 0.279. The molecule has 4 nitrogen and oxygen atoms in total. The van der Waals surface area contributed by atoms with E-state index in [2.05, 4.69) is 0 Å². The van der Waals surface area contributed by atoms with Gasteiger partial charge in [0, 0.05) is 6.42 Å². The van der Waals surface area contributed by atoms with E-state index in [0.717, 1.165) is 5.56 Å². The van der Waals surface area contributed by atoms with E-state index in [-0.39, 0.29) is 18.1 Å². The number of rotatable bonds is 5. The van der Waals surface area contributed by atoms with Crippen molar-refractivity contribution in [1.82, 2.24) is 0 Å². The Bertz CT molecular complexity index is 376. The van der Waals surface area contributed by atoms with Gasteiger partial charge in [-0.15, -0.1) is 0 Å². The van der Waals surface area contributed by atoms with Crippen LogP contribution in [-0.2, 0) is 11.2 Å². The summed E-state index contributed by atoms with van der Waals surface area (Å²) in [5.41, 5.74) is 7.00. The fourth-order valence-corrected chi connectivity index (χ4v) is 1.50. The van der Waals surface area contributed by atoms with Crippen molar-refractivity contribution in [2.75, 3.05) is 0 Å². The van der Waals surface area contributed by atoms with Gasteiger partial charge in [-0.3, -0.25) is 4.79 Å². The van der Waals surface area contributed by atoms with E-state index in [1.807, 2.05) is 13.8 Å². The summed E-state index contributed by atoms with van der Waals surface area (Å²) in [6, 6.07) is 6.15. The zero-order valence-electron chi connectivity index (χ0n) is 10.1. The number of ketones is 1. The molecule has 1 aromatic rings. The Morgan fingerprint density at radius 1 is 1.29 bits per heavy atom. The first-order chi connectivity index (χ1) is 7.91. The van der Waals surface area contributed by atoms with Gasteiger partial charge < -0.3 is 15.8 Å². The molecular weight excluding hydrogens is 217 g/mol. The van der Waals surface area contributed by atoms with E-state index < -0.39 is 13.2 Å². The third kappa shape index (κ3) is 3.96. The summed E-state index contributed by atoms with van der Waals surface area (Å²) in [5, 5.41) is 17.9. The highest BCUT2D eigenvalue weighted by Crippen LogP contribution is 2.05. The highest BCUT2D eigenvalue weighted by Gasteiger charge is 2.17. The lowest BCUT2D eigenvalue weighted by molar-refractivity contribution is -0.120. The van der Waals surface area contributed by atoms with Crippen LogP contribution < -0.4 is 11.2 Å². The monoisotopic (exact) mass is 235 g/mol. The molecule has 4 N–H and O–H groups in total. The first-order valence-electron chi connectivity index (χ1n) is 5.65. The van der Waals surface area contributed by atoms with Gasteiger partial charge in [-0.1, -0.05) is 38.1 Å². The molecule has 5 heteroatoms. The molecular formula is C12H18BNO3. The molecule has 0 aliphatic heterocycles. The lowest BCUT2D eigenvalue weighted by atomic mass is 9.80. The van der Waals surface area contributed by atoms with Gasteiger partial charge in [0.05, 0.1) is 6.04 Å². The van der Waals surface area contributed by atoms with Crippen LogP contribution in [0.4, 0.5) is 0 Å². The molecule has 0 aromatic heterocycles. The summed E-state index contributed by atoms with van der Waals surface area (Å²) >= 11 is 0. The van der Waals surface area contributed by atoms with Crippen LogP contribution in [-0.4, -0.2) is 29.0 Å². The van der Waals surface area contributed by atoms with E-state index in [9.17, 15) is 4.79 Å². The average Bonchev–Trinajstić information content (AvgIpc) is 2.28. The van der Waals surface area contributed by atoms with Crippen LogP contribution in [0.1, 0.15) is 19.4 Å². The van der Waals surface area contributed by atoms with Gasteiger partial charge in [0.25, 0.3) is 0 Å². The Kier molecular flexibility index (Phi) is 4.87. The number of carbonyl (C=O) groups excluding carboxylic acids is 1. The van der Waals surface area contributed by atoms with Crippen LogP contribution >= 0.6 is 0 Å². The second-order valence-electron chi connectivity index (χ2n) is 4.53. The third-order valence-corrected chi connectivity index (χ3v) is 2.75. The Morgan fingerprint density at radius 3 is 2.24 bits per heavy atom. The third-order valence-electron chi connectivity index (χ3n) is 2.75. The zero-order chi connectivity index (χ0) is 13.0. The van der Waals surface area contributed by atoms with Gasteiger partial charge in [0.1, 0.15) is 0 Å². The van der Waals surface area contributed by atoms with E-state index in [4.69, 9.17) is 15.8 Å². The van der Waals surface area contributed by atoms with Crippen molar-refractivity contribution in [3.63, 3.8) is 0 Å². The van der Waals surface area contributed by atoms with E-state index in [0.29, 0.717) is 5.46 Å². The van der Waals surface area contributed by atoms with Crippen LogP contribution in [0.25, 0.3) is 0 Å². The van der Waals surface area contributed by atoms with Crippen molar-refractivity contribution in [3.05, 3.63) is 29.8 Å². The molecule has 0 unspecified atom stereocenters. The van der Waals surface area contributed by atoms with Crippen molar-refractivity contribution in [2.45, 2.75) is 26.3 Å². The van der Waals surface area contributed by atoms with Crippen LogP contribution in [0.2, 0.25) is 0 Å². The Labute approximate surface area is 102 Å². The minimum Gasteiger partial charge on any atom is -0.423 e. The first kappa shape index (κ1) is 13.9. The van der Waals surface area contributed by atoms with Gasteiger partial charge in [-0.05, 0) is 16.9 Å². The normalized spacial score (nSPS) is 12.6. The molecule has 0 radical (unpaired) electrons. The van der Waals surface area contributed by atoms with Crippen LogP contribution in [0.15, 0.2) is 24.3 Å². The summed E-state index contributed by atoms with van der Waals surface area (Å²) < 4.78 is 0. The molecule has 0 heterocycles. The Morgan fingerprint density at radius 2 is 1.82 bits per heavy atom. The lowest BCUT2D eigenvalue weighted by Gasteiger charge is -2.14. The number of benzene rings is 1. The highest BCUT2D eigenvalue weighted by atomic mass is 16.4. The topological polar surface area (TPSA) is 83.6 Å². The number of nitrogens with two attached hydrogens (primary N) is 1. The SMILES string of the molecule is CC(C)[C@H](N)C(=O)Cc1ccc(B(O)O)cc1. The lowest BCUT2D eigenvalue weighted by Crippen LogP contribution is -2.36. The second-order valence-corrected chi connectivity index (χ2v) is 4.53. The number of carbonyl (C=O) groups is 1. The molecule has 1 rings (SSSR count). The van der Waals surface area contributed by atoms with Gasteiger partial charge in [0.2, 0.25) is 0 Å². The molecule has 17 heavy (non-hydrogen) atoms. The van der Waals surface area contributed by atoms with Gasteiger partial charge >= 0.3 is 7.12 Å². The average molecular weight is 235 g/mol. The van der Waals surface area contributed by atoms with Crippen LogP contribution in [0, 0.1) is 5.92 Å². The smallest absolute Gasteiger partial charge is 0.423 e. The second kappa shape index (κ2) is 5.96. The van der Waals surface area contributed by atoms with Crippen molar-refractivity contribution >= 4 is 18.4 Å². The Balaban J connectivity index is 2.66. The van der Waals surface area contributed by atoms with Crippen LogP contribution in [0.3, 0.4) is 0 Å². The summed E-state index contributed by atoms with van der Waals surface area (Å²) in [5.74, 6) is 0.123. The fourth-order valence-electron chi connectivity index (χ4n) is 1.50. The van der Waals surface area contributed by atoms with Gasteiger partial charge in [-0.25, -0.2) is 0 Å². The Hall–Kier alpha value is -1.17. The van der Waals surface area contributed by atoms with E-state index in [1.165, 1.54) is 0 Å². The number of hydrogen-bond acceptors (Lipinski definition) is 4. The molecule has 0 amide bonds. The minimum atomic E-state index is -1.47. The zero-order valence-corrected chi connectivity index (χ0v) is 10.1. The fraction of sp³-hybridized carbons (Fsp3) is 0.417. The number of hydrogen-bond donors (Lipinski definition) is 3. The van der Waals surface area contributed by atoms with E-state index in [1.54, 1.807) is 24.3 Å². The van der Waals surface area contributed by atoms with Gasteiger partial charge in [0.15, 0.2) is 5.78 Å². The first-order valence-corrected chi connectivity index (χ1v) is 5.65. The maximum atomic E-state index is 11.7. The molecule has 0 saturated heterocycles. The van der Waals surface area contributed by atoms with Crippen molar-refractivity contribution in [1.29, 1.82) is 0 Å². The highest BCUT2D eigenvalue weighted by molar-refractivity contribution is 6.58. The molecule has 0 aliphatic rings. The molecule has 1 aromatic carbocycles. The van der Waals surface area contributed by atoms with Crippen LogP contribution in [0.5, 0.6) is 0 Å². The predicted octanol–water partition coefficient (Wildman–Crippen LogP) is -0.539. The van der Waals surface area contributed by atoms with Crippen molar-refractivity contribution in [3.8, 4) is 0 Å². The van der Waals surface area contributed by atoms with E-state index >= 15 is 0 Å². The molecule has 0 spiro atoms. The molecule has 92 valence electrons.